The van der Waals surface area contributed by atoms with E-state index in [4.69, 9.17) is 11.6 Å². The smallest absolute Gasteiger partial charge is 0.248 e. The van der Waals surface area contributed by atoms with Crippen molar-refractivity contribution >= 4 is 17.5 Å². The van der Waals surface area contributed by atoms with Gasteiger partial charge in [0.15, 0.2) is 0 Å². The van der Waals surface area contributed by atoms with Crippen LogP contribution >= 0.6 is 11.6 Å². The van der Waals surface area contributed by atoms with Crippen molar-refractivity contribution in [3.63, 3.8) is 0 Å². The number of hydrogen-bond acceptors (Lipinski definition) is 2. The second-order valence-corrected chi connectivity index (χ2v) is 6.05. The number of aryl methyl sites for hydroxylation is 1. The normalized spacial score (nSPS) is 16.7. The number of benzene rings is 1. The van der Waals surface area contributed by atoms with Crippen molar-refractivity contribution in [2.45, 2.75) is 31.7 Å². The predicted molar refractivity (Wildman–Crippen MR) is 86.0 cm³/mol. The molecule has 120 valence electrons. The van der Waals surface area contributed by atoms with Gasteiger partial charge in [-0.2, -0.15) is 0 Å². The van der Waals surface area contributed by atoms with E-state index in [0.29, 0.717) is 0 Å². The van der Waals surface area contributed by atoms with Crippen molar-refractivity contribution in [2.24, 2.45) is 0 Å². The van der Waals surface area contributed by atoms with Crippen LogP contribution in [0.25, 0.3) is 0 Å². The van der Waals surface area contributed by atoms with E-state index in [2.05, 4.69) is 10.3 Å². The minimum absolute atomic E-state index is 0.110. The number of amides is 1. The standard InChI is InChI=1S/C17H16ClFN2O2/c18-12-3-1-4-13(19)11(12)9-17(23)21-15-6-2-5-14-10(15)7-8-16(22)20-14/h1,3-4,7-8,15H,2,5-6,9H2,(H,20,22)(H,21,23)/t15-/m1/s1. The number of H-pyrrole nitrogens is 1. The molecule has 2 aromatic rings. The average Bonchev–Trinajstić information content (AvgIpc) is 2.51. The van der Waals surface area contributed by atoms with E-state index >= 15 is 0 Å². The minimum atomic E-state index is -0.485. The lowest BCUT2D eigenvalue weighted by molar-refractivity contribution is -0.121. The molecular weight excluding hydrogens is 319 g/mol. The Morgan fingerprint density at radius 3 is 2.96 bits per heavy atom. The maximum absolute atomic E-state index is 13.8. The molecular formula is C17H16ClFN2O2. The van der Waals surface area contributed by atoms with Crippen LogP contribution in [-0.2, 0) is 17.6 Å². The lowest BCUT2D eigenvalue weighted by Crippen LogP contribution is -2.33. The lowest BCUT2D eigenvalue weighted by Gasteiger charge is -2.26. The Hall–Kier alpha value is -2.14. The van der Waals surface area contributed by atoms with Crippen molar-refractivity contribution in [1.82, 2.24) is 10.3 Å². The molecule has 1 aromatic carbocycles. The summed E-state index contributed by atoms with van der Waals surface area (Å²) in [5, 5.41) is 3.16. The predicted octanol–water partition coefficient (Wildman–Crippen LogP) is 2.90. The molecule has 0 bridgehead atoms. The van der Waals surface area contributed by atoms with Gasteiger partial charge in [0, 0.05) is 22.3 Å². The highest BCUT2D eigenvalue weighted by Gasteiger charge is 2.23. The molecule has 1 heterocycles. The number of carbonyl (C=O) groups is 1. The molecule has 1 aliphatic carbocycles. The van der Waals surface area contributed by atoms with Crippen LogP contribution in [0.2, 0.25) is 5.02 Å². The lowest BCUT2D eigenvalue weighted by atomic mass is 9.91. The summed E-state index contributed by atoms with van der Waals surface area (Å²) < 4.78 is 13.8. The molecule has 0 spiro atoms. The molecule has 23 heavy (non-hydrogen) atoms. The first-order chi connectivity index (χ1) is 11.0. The molecule has 0 aliphatic heterocycles. The zero-order valence-electron chi connectivity index (χ0n) is 12.4. The number of pyridine rings is 1. The Bertz CT molecular complexity index is 783. The van der Waals surface area contributed by atoms with Crippen LogP contribution in [-0.4, -0.2) is 10.9 Å². The monoisotopic (exact) mass is 334 g/mol. The van der Waals surface area contributed by atoms with Gasteiger partial charge in [-0.1, -0.05) is 17.7 Å². The highest BCUT2D eigenvalue weighted by atomic mass is 35.5. The molecule has 1 aliphatic rings. The third-order valence-electron chi connectivity index (χ3n) is 4.07. The maximum atomic E-state index is 13.8. The van der Waals surface area contributed by atoms with Gasteiger partial charge in [-0.3, -0.25) is 9.59 Å². The first-order valence-corrected chi connectivity index (χ1v) is 7.87. The van der Waals surface area contributed by atoms with Crippen LogP contribution in [0.1, 0.15) is 35.7 Å². The second kappa shape index (κ2) is 6.54. The first kappa shape index (κ1) is 15.7. The van der Waals surface area contributed by atoms with Gasteiger partial charge in [0.2, 0.25) is 11.5 Å². The molecule has 4 nitrogen and oxygen atoms in total. The Morgan fingerprint density at radius 2 is 2.17 bits per heavy atom. The summed E-state index contributed by atoms with van der Waals surface area (Å²) in [7, 11) is 0. The maximum Gasteiger partial charge on any atom is 0.248 e. The van der Waals surface area contributed by atoms with Crippen LogP contribution in [0, 0.1) is 5.82 Å². The summed E-state index contributed by atoms with van der Waals surface area (Å²) in [6.07, 6.45) is 2.34. The summed E-state index contributed by atoms with van der Waals surface area (Å²) in [5.74, 6) is -0.776. The van der Waals surface area contributed by atoms with Gasteiger partial charge in [-0.25, -0.2) is 4.39 Å². The quantitative estimate of drug-likeness (QED) is 0.906. The van der Waals surface area contributed by atoms with Gasteiger partial charge >= 0.3 is 0 Å². The van der Waals surface area contributed by atoms with E-state index < -0.39 is 5.82 Å². The summed E-state index contributed by atoms with van der Waals surface area (Å²) in [6.45, 7) is 0. The van der Waals surface area contributed by atoms with E-state index in [0.717, 1.165) is 30.5 Å². The molecule has 0 saturated heterocycles. The van der Waals surface area contributed by atoms with Crippen molar-refractivity contribution < 1.29 is 9.18 Å². The molecule has 1 atom stereocenters. The molecule has 0 fully saturated rings. The fourth-order valence-electron chi connectivity index (χ4n) is 2.96. The molecule has 2 N–H and O–H groups in total. The summed E-state index contributed by atoms with van der Waals surface area (Å²) >= 11 is 5.96. The third-order valence-corrected chi connectivity index (χ3v) is 4.42. The van der Waals surface area contributed by atoms with Crippen molar-refractivity contribution in [2.75, 3.05) is 0 Å². The number of nitrogens with one attached hydrogen (secondary N) is 2. The SMILES string of the molecule is O=C(Cc1c(F)cccc1Cl)N[C@@H]1CCCc2[nH]c(=O)ccc21. The summed E-state index contributed by atoms with van der Waals surface area (Å²) in [6, 6.07) is 7.38. The van der Waals surface area contributed by atoms with E-state index in [-0.39, 0.29) is 34.5 Å². The average molecular weight is 335 g/mol. The van der Waals surface area contributed by atoms with E-state index in [1.165, 1.54) is 18.2 Å². The fourth-order valence-corrected chi connectivity index (χ4v) is 3.19. The van der Waals surface area contributed by atoms with E-state index in [1.807, 2.05) is 0 Å². The van der Waals surface area contributed by atoms with Gasteiger partial charge < -0.3 is 10.3 Å². The Balaban J connectivity index is 1.76. The van der Waals surface area contributed by atoms with Crippen LogP contribution < -0.4 is 10.9 Å². The summed E-state index contributed by atoms with van der Waals surface area (Å²) in [5.41, 5.74) is 1.83. The van der Waals surface area contributed by atoms with Crippen LogP contribution in [0.3, 0.4) is 0 Å². The molecule has 0 radical (unpaired) electrons. The molecule has 0 saturated carbocycles. The molecule has 1 amide bonds. The molecule has 6 heteroatoms. The number of fused-ring (bicyclic) bond motifs is 1. The number of hydrogen-bond donors (Lipinski definition) is 2. The second-order valence-electron chi connectivity index (χ2n) is 5.65. The molecule has 0 unspecified atom stereocenters. The van der Waals surface area contributed by atoms with E-state index in [9.17, 15) is 14.0 Å². The highest BCUT2D eigenvalue weighted by Crippen LogP contribution is 2.28. The summed E-state index contributed by atoms with van der Waals surface area (Å²) in [4.78, 5) is 26.5. The van der Waals surface area contributed by atoms with Crippen LogP contribution in [0.4, 0.5) is 4.39 Å². The van der Waals surface area contributed by atoms with Crippen LogP contribution in [0.15, 0.2) is 35.1 Å². The van der Waals surface area contributed by atoms with E-state index in [1.54, 1.807) is 12.1 Å². The van der Waals surface area contributed by atoms with Gasteiger partial charge in [0.1, 0.15) is 5.82 Å². The number of halogens is 2. The van der Waals surface area contributed by atoms with Gasteiger partial charge in [-0.05, 0) is 43.0 Å². The zero-order chi connectivity index (χ0) is 16.4. The zero-order valence-corrected chi connectivity index (χ0v) is 13.1. The first-order valence-electron chi connectivity index (χ1n) is 7.49. The minimum Gasteiger partial charge on any atom is -0.349 e. The Morgan fingerprint density at radius 1 is 1.35 bits per heavy atom. The topological polar surface area (TPSA) is 62.0 Å². The van der Waals surface area contributed by atoms with Crippen LogP contribution in [0.5, 0.6) is 0 Å². The number of aromatic nitrogens is 1. The molecule has 3 rings (SSSR count). The van der Waals surface area contributed by atoms with Crippen molar-refractivity contribution in [3.8, 4) is 0 Å². The number of carbonyl (C=O) groups excluding carboxylic acids is 1. The largest absolute Gasteiger partial charge is 0.349 e. The number of rotatable bonds is 3. The van der Waals surface area contributed by atoms with Crippen molar-refractivity contribution in [1.29, 1.82) is 0 Å². The van der Waals surface area contributed by atoms with Gasteiger partial charge in [0.25, 0.3) is 0 Å². The Kier molecular flexibility index (Phi) is 4.48. The fraction of sp³-hybridized carbons (Fsp3) is 0.294. The highest BCUT2D eigenvalue weighted by molar-refractivity contribution is 6.31. The Labute approximate surface area is 137 Å². The number of aromatic amines is 1. The van der Waals surface area contributed by atoms with Gasteiger partial charge in [-0.15, -0.1) is 0 Å². The van der Waals surface area contributed by atoms with Crippen molar-refractivity contribution in [3.05, 3.63) is 68.3 Å². The molecule has 1 aromatic heterocycles. The van der Waals surface area contributed by atoms with Gasteiger partial charge in [0.05, 0.1) is 12.5 Å². The third kappa shape index (κ3) is 3.45.